The fraction of sp³-hybridized carbons (Fsp3) is 0.0714. The van der Waals surface area contributed by atoms with Gasteiger partial charge in [-0.1, -0.05) is 66.2 Å². The minimum Gasteiger partial charge on any atom is -0.488 e. The fourth-order valence-electron chi connectivity index (χ4n) is 3.87. The number of H-pyrrole nitrogens is 1. The molecule has 0 fully saturated rings. The average Bonchev–Trinajstić information content (AvgIpc) is 3.25. The van der Waals surface area contributed by atoms with Crippen LogP contribution in [0.1, 0.15) is 22.5 Å². The molecular formula is C28H20ClN3O. The standard InChI is InChI=1S/C28H20ClN3O/c1-18-10-12-25-26(14-18)32-28(31-25)21(16-30)15-23-22-8-4-2-6-19(22)11-13-27(23)33-17-20-7-3-5-9-24(20)29/h2-15H,17H2,1H3,(H,31,32)/b21-15-. The first-order valence-electron chi connectivity index (χ1n) is 10.6. The number of nitriles is 1. The Bertz CT molecular complexity index is 1560. The molecule has 0 atom stereocenters. The third kappa shape index (κ3) is 4.19. The number of fused-ring (bicyclic) bond motifs is 2. The van der Waals surface area contributed by atoms with E-state index < -0.39 is 0 Å². The number of aromatic amines is 1. The highest BCUT2D eigenvalue weighted by molar-refractivity contribution is 6.31. The number of allylic oxidation sites excluding steroid dienone is 1. The predicted molar refractivity (Wildman–Crippen MR) is 134 cm³/mol. The van der Waals surface area contributed by atoms with Crippen LogP contribution in [0.25, 0.3) is 33.5 Å². The van der Waals surface area contributed by atoms with Gasteiger partial charge in [0.1, 0.15) is 24.3 Å². The molecule has 4 nitrogen and oxygen atoms in total. The van der Waals surface area contributed by atoms with Gasteiger partial charge in [0.15, 0.2) is 0 Å². The molecule has 0 aliphatic heterocycles. The second-order valence-corrected chi connectivity index (χ2v) is 8.26. The van der Waals surface area contributed by atoms with Gasteiger partial charge in [-0.05, 0) is 53.6 Å². The molecule has 1 N–H and O–H groups in total. The van der Waals surface area contributed by atoms with Crippen LogP contribution in [0.4, 0.5) is 0 Å². The van der Waals surface area contributed by atoms with E-state index in [9.17, 15) is 5.26 Å². The number of ether oxygens (including phenoxy) is 1. The predicted octanol–water partition coefficient (Wildman–Crippen LogP) is 7.32. The SMILES string of the molecule is Cc1ccc2nc(/C(C#N)=C\c3c(OCc4ccccc4Cl)ccc4ccccc34)[nH]c2c1. The molecule has 4 aromatic carbocycles. The second-order valence-electron chi connectivity index (χ2n) is 7.85. The lowest BCUT2D eigenvalue weighted by molar-refractivity contribution is 0.306. The Kier molecular flexibility index (Phi) is 5.56. The van der Waals surface area contributed by atoms with E-state index in [1.165, 1.54) is 0 Å². The summed E-state index contributed by atoms with van der Waals surface area (Å²) in [6.07, 6.45) is 1.84. The number of aromatic nitrogens is 2. The van der Waals surface area contributed by atoms with E-state index >= 15 is 0 Å². The smallest absolute Gasteiger partial charge is 0.149 e. The van der Waals surface area contributed by atoms with Crippen molar-refractivity contribution in [3.8, 4) is 11.8 Å². The molecule has 1 heterocycles. The molecule has 0 aliphatic rings. The van der Waals surface area contributed by atoms with Gasteiger partial charge in [0.25, 0.3) is 0 Å². The number of hydrogen-bond acceptors (Lipinski definition) is 3. The number of rotatable bonds is 5. The second kappa shape index (κ2) is 8.82. The zero-order valence-electron chi connectivity index (χ0n) is 18.0. The molecule has 0 aliphatic carbocycles. The molecule has 0 spiro atoms. The van der Waals surface area contributed by atoms with E-state index in [1.807, 2.05) is 91.9 Å². The number of aryl methyl sites for hydroxylation is 1. The van der Waals surface area contributed by atoms with Crippen molar-refractivity contribution in [2.75, 3.05) is 0 Å². The number of halogens is 1. The molecule has 0 radical (unpaired) electrons. The molecule has 5 heteroatoms. The Morgan fingerprint density at radius 1 is 1.06 bits per heavy atom. The first-order chi connectivity index (χ1) is 16.1. The topological polar surface area (TPSA) is 61.7 Å². The summed E-state index contributed by atoms with van der Waals surface area (Å²) in [5.41, 5.74) is 5.01. The monoisotopic (exact) mass is 449 g/mol. The van der Waals surface area contributed by atoms with Crippen LogP contribution in [0.2, 0.25) is 5.02 Å². The van der Waals surface area contributed by atoms with Gasteiger partial charge >= 0.3 is 0 Å². The van der Waals surface area contributed by atoms with Crippen LogP contribution in [-0.2, 0) is 6.61 Å². The highest BCUT2D eigenvalue weighted by Crippen LogP contribution is 2.33. The highest BCUT2D eigenvalue weighted by Gasteiger charge is 2.13. The molecular weight excluding hydrogens is 430 g/mol. The first kappa shape index (κ1) is 20.8. The molecule has 0 bridgehead atoms. The van der Waals surface area contributed by atoms with Gasteiger partial charge in [0.05, 0.1) is 16.6 Å². The van der Waals surface area contributed by atoms with Crippen molar-refractivity contribution < 1.29 is 4.74 Å². The van der Waals surface area contributed by atoms with Crippen molar-refractivity contribution >= 4 is 45.1 Å². The van der Waals surface area contributed by atoms with E-state index in [0.29, 0.717) is 28.8 Å². The molecule has 0 saturated carbocycles. The quantitative estimate of drug-likeness (QED) is 0.286. The van der Waals surface area contributed by atoms with E-state index in [0.717, 1.165) is 38.5 Å². The van der Waals surface area contributed by atoms with Gasteiger partial charge in [-0.3, -0.25) is 0 Å². The van der Waals surface area contributed by atoms with E-state index in [1.54, 1.807) is 0 Å². The highest BCUT2D eigenvalue weighted by atomic mass is 35.5. The molecule has 33 heavy (non-hydrogen) atoms. The molecule has 0 amide bonds. The number of imidazole rings is 1. The number of nitrogens with one attached hydrogen (secondary N) is 1. The summed E-state index contributed by atoms with van der Waals surface area (Å²) in [5, 5.41) is 12.7. The van der Waals surface area contributed by atoms with Gasteiger partial charge in [-0.25, -0.2) is 4.98 Å². The van der Waals surface area contributed by atoms with Crippen LogP contribution in [0, 0.1) is 18.3 Å². The summed E-state index contributed by atoms with van der Waals surface area (Å²) < 4.78 is 6.20. The molecule has 0 unspecified atom stereocenters. The molecule has 5 rings (SSSR count). The van der Waals surface area contributed by atoms with Gasteiger partial charge < -0.3 is 9.72 Å². The number of benzene rings is 4. The Labute approximate surface area is 196 Å². The molecule has 1 aromatic heterocycles. The van der Waals surface area contributed by atoms with Gasteiger partial charge in [0, 0.05) is 16.1 Å². The lowest BCUT2D eigenvalue weighted by Gasteiger charge is -2.13. The Hall–Kier alpha value is -4.07. The molecule has 0 saturated heterocycles. The summed E-state index contributed by atoms with van der Waals surface area (Å²) >= 11 is 6.31. The maximum absolute atomic E-state index is 9.99. The fourth-order valence-corrected chi connectivity index (χ4v) is 4.06. The van der Waals surface area contributed by atoms with Crippen LogP contribution in [0.15, 0.2) is 78.9 Å². The minimum atomic E-state index is 0.324. The van der Waals surface area contributed by atoms with Crippen molar-refractivity contribution in [1.82, 2.24) is 9.97 Å². The zero-order valence-corrected chi connectivity index (χ0v) is 18.7. The van der Waals surface area contributed by atoms with E-state index in [2.05, 4.69) is 16.0 Å². The van der Waals surface area contributed by atoms with E-state index in [4.69, 9.17) is 16.3 Å². The third-order valence-electron chi connectivity index (χ3n) is 5.57. The van der Waals surface area contributed by atoms with Crippen LogP contribution in [-0.4, -0.2) is 9.97 Å². The van der Waals surface area contributed by atoms with Gasteiger partial charge in [-0.15, -0.1) is 0 Å². The Morgan fingerprint density at radius 3 is 2.73 bits per heavy atom. The average molecular weight is 450 g/mol. The first-order valence-corrected chi connectivity index (χ1v) is 11.0. The Morgan fingerprint density at radius 2 is 1.88 bits per heavy atom. The number of nitrogens with zero attached hydrogens (tertiary/aromatic N) is 2. The maximum Gasteiger partial charge on any atom is 0.149 e. The van der Waals surface area contributed by atoms with Crippen molar-refractivity contribution in [2.45, 2.75) is 13.5 Å². The van der Waals surface area contributed by atoms with Crippen LogP contribution >= 0.6 is 11.6 Å². The minimum absolute atomic E-state index is 0.324. The largest absolute Gasteiger partial charge is 0.488 e. The summed E-state index contributed by atoms with van der Waals surface area (Å²) in [6.45, 7) is 2.35. The molecule has 5 aromatic rings. The Balaban J connectivity index is 1.61. The molecule has 160 valence electrons. The number of hydrogen-bond donors (Lipinski definition) is 1. The van der Waals surface area contributed by atoms with Crippen molar-refractivity contribution in [3.05, 3.63) is 106 Å². The maximum atomic E-state index is 9.99. The van der Waals surface area contributed by atoms with Crippen LogP contribution in [0.5, 0.6) is 5.75 Å². The zero-order chi connectivity index (χ0) is 22.8. The normalized spacial score (nSPS) is 11.6. The van der Waals surface area contributed by atoms with E-state index in [-0.39, 0.29) is 0 Å². The van der Waals surface area contributed by atoms with Crippen molar-refractivity contribution in [3.63, 3.8) is 0 Å². The van der Waals surface area contributed by atoms with Crippen LogP contribution in [0.3, 0.4) is 0 Å². The summed E-state index contributed by atoms with van der Waals surface area (Å²) in [6, 6.07) is 27.9. The lowest BCUT2D eigenvalue weighted by atomic mass is 10.0. The third-order valence-corrected chi connectivity index (χ3v) is 5.94. The van der Waals surface area contributed by atoms with Crippen molar-refractivity contribution in [2.24, 2.45) is 0 Å². The summed E-state index contributed by atoms with van der Waals surface area (Å²) in [4.78, 5) is 7.91. The van der Waals surface area contributed by atoms with Crippen molar-refractivity contribution in [1.29, 1.82) is 5.26 Å². The summed E-state index contributed by atoms with van der Waals surface area (Å²) in [7, 11) is 0. The lowest BCUT2D eigenvalue weighted by Crippen LogP contribution is -1.98. The van der Waals surface area contributed by atoms with Gasteiger partial charge in [-0.2, -0.15) is 5.26 Å². The summed E-state index contributed by atoms with van der Waals surface area (Å²) in [5.74, 6) is 1.21. The van der Waals surface area contributed by atoms with Crippen LogP contribution < -0.4 is 4.74 Å². The van der Waals surface area contributed by atoms with Gasteiger partial charge in [0.2, 0.25) is 0 Å².